The third kappa shape index (κ3) is 1.48. The lowest BCUT2D eigenvalue weighted by atomic mass is 9.94. The molecule has 0 bridgehead atoms. The zero-order valence-corrected chi connectivity index (χ0v) is 10.2. The van der Waals surface area contributed by atoms with Gasteiger partial charge in [0.15, 0.2) is 11.5 Å². The van der Waals surface area contributed by atoms with E-state index in [0.29, 0.717) is 5.65 Å². The van der Waals surface area contributed by atoms with Crippen molar-refractivity contribution in [2.75, 3.05) is 0 Å². The molecule has 0 aromatic carbocycles. The highest BCUT2D eigenvalue weighted by Gasteiger charge is 2.23. The highest BCUT2D eigenvalue weighted by atomic mass is 15.3. The van der Waals surface area contributed by atoms with Gasteiger partial charge in [0.1, 0.15) is 11.8 Å². The molecule has 7 heteroatoms. The van der Waals surface area contributed by atoms with Gasteiger partial charge >= 0.3 is 0 Å². The molecule has 3 heterocycles. The zero-order valence-electron chi connectivity index (χ0n) is 10.2. The van der Waals surface area contributed by atoms with Crippen LogP contribution in [0.3, 0.4) is 0 Å². The molecular weight excluding hydrogens is 242 g/mol. The number of hydrogen-bond acceptors (Lipinski definition) is 5. The number of rotatable bonds is 1. The molecule has 0 saturated carbocycles. The molecule has 3 aromatic rings. The third-order valence-electron chi connectivity index (χ3n) is 3.63. The van der Waals surface area contributed by atoms with Gasteiger partial charge in [-0.25, -0.2) is 19.6 Å². The quantitative estimate of drug-likeness (QED) is 0.672. The first-order valence-corrected chi connectivity index (χ1v) is 6.31. The van der Waals surface area contributed by atoms with Gasteiger partial charge in [0.25, 0.3) is 0 Å². The summed E-state index contributed by atoms with van der Waals surface area (Å²) >= 11 is 0. The van der Waals surface area contributed by atoms with E-state index in [1.807, 2.05) is 10.9 Å². The van der Waals surface area contributed by atoms with E-state index in [1.165, 1.54) is 6.33 Å². The topological polar surface area (TPSA) is 98.3 Å². The highest BCUT2D eigenvalue weighted by molar-refractivity contribution is 5.77. The van der Waals surface area contributed by atoms with Gasteiger partial charge in [-0.05, 0) is 19.3 Å². The largest absolute Gasteiger partial charge is 0.340 e. The van der Waals surface area contributed by atoms with Crippen molar-refractivity contribution in [1.82, 2.24) is 29.7 Å². The molecule has 3 aromatic heterocycles. The van der Waals surface area contributed by atoms with Crippen LogP contribution in [-0.4, -0.2) is 29.7 Å². The molecule has 0 amide bonds. The molecule has 7 nitrogen and oxygen atoms in total. The van der Waals surface area contributed by atoms with E-state index >= 15 is 0 Å². The number of nitrogens with one attached hydrogen (secondary N) is 1. The predicted octanol–water partition coefficient (Wildman–Crippen LogP) is 0.875. The van der Waals surface area contributed by atoms with Gasteiger partial charge < -0.3 is 10.7 Å². The molecule has 1 atom stereocenters. The zero-order chi connectivity index (χ0) is 12.8. The first kappa shape index (κ1) is 10.6. The van der Waals surface area contributed by atoms with Crippen LogP contribution in [0.2, 0.25) is 0 Å². The molecule has 1 unspecified atom stereocenters. The number of fused-ring (bicyclic) bond motifs is 2. The van der Waals surface area contributed by atoms with Crippen molar-refractivity contribution in [3.63, 3.8) is 0 Å². The second-order valence-corrected chi connectivity index (χ2v) is 4.76. The first-order chi connectivity index (χ1) is 9.34. The van der Waals surface area contributed by atoms with Crippen molar-refractivity contribution in [2.24, 2.45) is 5.73 Å². The van der Waals surface area contributed by atoms with Crippen LogP contribution in [-0.2, 0) is 6.42 Å². The summed E-state index contributed by atoms with van der Waals surface area (Å²) in [6, 6.07) is 0.0802. The minimum absolute atomic E-state index is 0.0802. The summed E-state index contributed by atoms with van der Waals surface area (Å²) in [5.74, 6) is 0.734. The van der Waals surface area contributed by atoms with Crippen LogP contribution in [0.1, 0.15) is 30.1 Å². The first-order valence-electron chi connectivity index (χ1n) is 6.31. The van der Waals surface area contributed by atoms with Gasteiger partial charge in [0, 0.05) is 11.6 Å². The summed E-state index contributed by atoms with van der Waals surface area (Å²) < 4.78 is 1.86. The number of nitrogens with zero attached hydrogens (tertiary/aromatic N) is 5. The van der Waals surface area contributed by atoms with Crippen molar-refractivity contribution in [1.29, 1.82) is 0 Å². The number of H-pyrrole nitrogens is 1. The summed E-state index contributed by atoms with van der Waals surface area (Å²) in [6.45, 7) is 0. The van der Waals surface area contributed by atoms with Crippen LogP contribution in [0.25, 0.3) is 17.0 Å². The van der Waals surface area contributed by atoms with Gasteiger partial charge in [-0.1, -0.05) is 0 Å². The normalized spacial score (nSPS) is 18.7. The van der Waals surface area contributed by atoms with Crippen LogP contribution in [0, 0.1) is 0 Å². The van der Waals surface area contributed by atoms with Crippen LogP contribution in [0.15, 0.2) is 18.9 Å². The van der Waals surface area contributed by atoms with Crippen molar-refractivity contribution < 1.29 is 0 Å². The van der Waals surface area contributed by atoms with Crippen LogP contribution in [0.4, 0.5) is 0 Å². The Bertz CT molecular complexity index is 741. The molecule has 96 valence electrons. The Morgan fingerprint density at radius 1 is 1.32 bits per heavy atom. The average molecular weight is 255 g/mol. The fourth-order valence-electron chi connectivity index (χ4n) is 2.69. The molecule has 0 fully saturated rings. The van der Waals surface area contributed by atoms with Crippen molar-refractivity contribution in [3.05, 3.63) is 30.1 Å². The van der Waals surface area contributed by atoms with Gasteiger partial charge in [-0.2, -0.15) is 5.10 Å². The molecule has 1 aliphatic carbocycles. The summed E-state index contributed by atoms with van der Waals surface area (Å²) in [6.07, 6.45) is 8.05. The van der Waals surface area contributed by atoms with Gasteiger partial charge in [0.2, 0.25) is 0 Å². The van der Waals surface area contributed by atoms with Crippen molar-refractivity contribution in [3.8, 4) is 5.82 Å². The molecule has 0 saturated heterocycles. The third-order valence-corrected chi connectivity index (χ3v) is 3.63. The molecule has 0 radical (unpaired) electrons. The second kappa shape index (κ2) is 3.86. The SMILES string of the molecule is NC1CCCc2c1cnn2-c1ncnc2nc[nH]c12. The number of imidazole rings is 1. The smallest absolute Gasteiger partial charge is 0.182 e. The lowest BCUT2D eigenvalue weighted by molar-refractivity contribution is 0.557. The number of aromatic nitrogens is 6. The van der Waals surface area contributed by atoms with Crippen LogP contribution >= 0.6 is 0 Å². The van der Waals surface area contributed by atoms with Gasteiger partial charge in [-0.3, -0.25) is 0 Å². The number of nitrogens with two attached hydrogens (primary N) is 1. The Balaban J connectivity index is 1.96. The molecule has 4 rings (SSSR count). The van der Waals surface area contributed by atoms with E-state index in [-0.39, 0.29) is 6.04 Å². The summed E-state index contributed by atoms with van der Waals surface area (Å²) in [4.78, 5) is 15.7. The summed E-state index contributed by atoms with van der Waals surface area (Å²) in [5.41, 5.74) is 9.84. The van der Waals surface area contributed by atoms with E-state index in [0.717, 1.165) is 41.9 Å². The number of aromatic amines is 1. The van der Waals surface area contributed by atoms with E-state index in [4.69, 9.17) is 5.73 Å². The van der Waals surface area contributed by atoms with E-state index < -0.39 is 0 Å². The van der Waals surface area contributed by atoms with Gasteiger partial charge in [-0.15, -0.1) is 0 Å². The van der Waals surface area contributed by atoms with E-state index in [1.54, 1.807) is 6.33 Å². The standard InChI is InChI=1S/C12H13N7/c13-8-2-1-3-9-7(8)4-18-19(9)12-10-11(15-5-14-10)16-6-17-12/h4-6,8H,1-3,13H2,(H,14,15,16,17). The minimum Gasteiger partial charge on any atom is -0.340 e. The fourth-order valence-corrected chi connectivity index (χ4v) is 2.69. The molecular formula is C12H13N7. The molecule has 3 N–H and O–H groups in total. The van der Waals surface area contributed by atoms with Crippen molar-refractivity contribution >= 4 is 11.2 Å². The maximum atomic E-state index is 6.12. The molecule has 19 heavy (non-hydrogen) atoms. The molecule has 0 spiro atoms. The lowest BCUT2D eigenvalue weighted by Gasteiger charge is -2.19. The van der Waals surface area contributed by atoms with Gasteiger partial charge in [0.05, 0.1) is 18.2 Å². The average Bonchev–Trinajstić information content (AvgIpc) is 3.05. The fraction of sp³-hybridized carbons (Fsp3) is 0.333. The van der Waals surface area contributed by atoms with Crippen LogP contribution < -0.4 is 5.73 Å². The Kier molecular flexibility index (Phi) is 2.16. The summed E-state index contributed by atoms with van der Waals surface area (Å²) in [5, 5.41) is 4.45. The Morgan fingerprint density at radius 2 is 2.26 bits per heavy atom. The Labute approximate surface area is 108 Å². The molecule has 1 aliphatic rings. The minimum atomic E-state index is 0.0802. The number of hydrogen-bond donors (Lipinski definition) is 2. The summed E-state index contributed by atoms with van der Waals surface area (Å²) in [7, 11) is 0. The maximum Gasteiger partial charge on any atom is 0.182 e. The molecule has 0 aliphatic heterocycles. The van der Waals surface area contributed by atoms with Crippen LogP contribution in [0.5, 0.6) is 0 Å². The lowest BCUT2D eigenvalue weighted by Crippen LogP contribution is -2.18. The van der Waals surface area contributed by atoms with E-state index in [9.17, 15) is 0 Å². The Hall–Kier alpha value is -2.28. The highest BCUT2D eigenvalue weighted by Crippen LogP contribution is 2.29. The monoisotopic (exact) mass is 255 g/mol. The Morgan fingerprint density at radius 3 is 3.21 bits per heavy atom. The second-order valence-electron chi connectivity index (χ2n) is 4.76. The van der Waals surface area contributed by atoms with Crippen molar-refractivity contribution in [2.45, 2.75) is 25.3 Å². The maximum absolute atomic E-state index is 6.12. The predicted molar refractivity (Wildman–Crippen MR) is 68.7 cm³/mol. The van der Waals surface area contributed by atoms with E-state index in [2.05, 4.69) is 25.0 Å².